The van der Waals surface area contributed by atoms with E-state index in [9.17, 15) is 4.79 Å². The molecule has 0 spiro atoms. The van der Waals surface area contributed by atoms with Crippen LogP contribution in [0.2, 0.25) is 0 Å². The van der Waals surface area contributed by atoms with Crippen molar-refractivity contribution in [3.05, 3.63) is 11.4 Å². The standard InChI is InChI=1S/C13H22N4O/c1-8-4-6-10(7-5-8)17(3)13(18)12-11(14)9(2)15-16-12/h8,10H,4-7,14H2,1-3H3,(H,15,16). The molecule has 0 radical (unpaired) electrons. The van der Waals surface area contributed by atoms with Gasteiger partial charge in [0.1, 0.15) is 0 Å². The molecule has 5 nitrogen and oxygen atoms in total. The normalized spacial score (nSPS) is 23.9. The van der Waals surface area contributed by atoms with Crippen LogP contribution in [-0.2, 0) is 0 Å². The van der Waals surface area contributed by atoms with Crippen LogP contribution >= 0.6 is 0 Å². The molecular weight excluding hydrogens is 228 g/mol. The first-order chi connectivity index (χ1) is 8.50. The number of amides is 1. The van der Waals surface area contributed by atoms with E-state index in [1.54, 1.807) is 4.90 Å². The fraction of sp³-hybridized carbons (Fsp3) is 0.692. The number of nitrogens with zero attached hydrogens (tertiary/aromatic N) is 2. The van der Waals surface area contributed by atoms with Gasteiger partial charge in [0, 0.05) is 13.1 Å². The SMILES string of the molecule is Cc1[nH]nc(C(=O)N(C)C2CCC(C)CC2)c1N. The number of nitrogen functional groups attached to an aromatic ring is 1. The van der Waals surface area contributed by atoms with E-state index in [2.05, 4.69) is 17.1 Å². The molecule has 1 aromatic rings. The molecule has 1 saturated carbocycles. The maximum atomic E-state index is 12.3. The van der Waals surface area contributed by atoms with Crippen LogP contribution in [0.15, 0.2) is 0 Å². The van der Waals surface area contributed by atoms with Crippen molar-refractivity contribution < 1.29 is 4.79 Å². The predicted molar refractivity (Wildman–Crippen MR) is 71.3 cm³/mol. The Morgan fingerprint density at radius 1 is 1.39 bits per heavy atom. The second-order valence-corrected chi connectivity index (χ2v) is 5.44. The Bertz CT molecular complexity index is 432. The summed E-state index contributed by atoms with van der Waals surface area (Å²) in [5, 5.41) is 6.77. The van der Waals surface area contributed by atoms with Crippen LogP contribution in [0.1, 0.15) is 48.8 Å². The summed E-state index contributed by atoms with van der Waals surface area (Å²) in [6.07, 6.45) is 4.54. The van der Waals surface area contributed by atoms with Crippen molar-refractivity contribution in [1.29, 1.82) is 0 Å². The Morgan fingerprint density at radius 2 is 2.00 bits per heavy atom. The van der Waals surface area contributed by atoms with Gasteiger partial charge in [-0.25, -0.2) is 0 Å². The van der Waals surface area contributed by atoms with Crippen LogP contribution in [0, 0.1) is 12.8 Å². The van der Waals surface area contributed by atoms with Gasteiger partial charge in [0.15, 0.2) is 5.69 Å². The fourth-order valence-electron chi connectivity index (χ4n) is 2.56. The van der Waals surface area contributed by atoms with Gasteiger partial charge in [-0.2, -0.15) is 5.10 Å². The molecule has 1 aliphatic rings. The topological polar surface area (TPSA) is 75.0 Å². The van der Waals surface area contributed by atoms with Crippen molar-refractivity contribution in [2.75, 3.05) is 12.8 Å². The number of hydrogen-bond donors (Lipinski definition) is 2. The number of carbonyl (C=O) groups excluding carboxylic acids is 1. The van der Waals surface area contributed by atoms with Crippen molar-refractivity contribution in [3.8, 4) is 0 Å². The Balaban J connectivity index is 2.07. The first-order valence-electron chi connectivity index (χ1n) is 6.58. The predicted octanol–water partition coefficient (Wildman–Crippen LogP) is 1.95. The number of nitrogens with one attached hydrogen (secondary N) is 1. The molecule has 2 rings (SSSR count). The lowest BCUT2D eigenvalue weighted by atomic mass is 9.86. The summed E-state index contributed by atoms with van der Waals surface area (Å²) in [4.78, 5) is 14.1. The number of H-pyrrole nitrogens is 1. The third-order valence-corrected chi connectivity index (χ3v) is 4.05. The molecule has 1 aromatic heterocycles. The fourth-order valence-corrected chi connectivity index (χ4v) is 2.56. The van der Waals surface area contributed by atoms with E-state index in [0.717, 1.165) is 24.5 Å². The van der Waals surface area contributed by atoms with Crippen molar-refractivity contribution >= 4 is 11.6 Å². The highest BCUT2D eigenvalue weighted by molar-refractivity contribution is 5.97. The molecule has 0 aromatic carbocycles. The van der Waals surface area contributed by atoms with Crippen LogP contribution in [0.5, 0.6) is 0 Å². The molecule has 5 heteroatoms. The van der Waals surface area contributed by atoms with Gasteiger partial charge in [0.05, 0.1) is 11.4 Å². The van der Waals surface area contributed by atoms with Crippen LogP contribution in [0.25, 0.3) is 0 Å². The molecule has 0 saturated heterocycles. The van der Waals surface area contributed by atoms with E-state index >= 15 is 0 Å². The average Bonchev–Trinajstić information content (AvgIpc) is 2.69. The van der Waals surface area contributed by atoms with Crippen molar-refractivity contribution in [2.24, 2.45) is 5.92 Å². The highest BCUT2D eigenvalue weighted by Gasteiger charge is 2.27. The molecule has 1 aliphatic carbocycles. The second kappa shape index (κ2) is 5.00. The third kappa shape index (κ3) is 2.35. The summed E-state index contributed by atoms with van der Waals surface area (Å²) in [5.74, 6) is 0.707. The maximum absolute atomic E-state index is 12.3. The van der Waals surface area contributed by atoms with Crippen LogP contribution in [0.3, 0.4) is 0 Å². The van der Waals surface area contributed by atoms with E-state index in [0.29, 0.717) is 17.4 Å². The zero-order valence-corrected chi connectivity index (χ0v) is 11.4. The minimum atomic E-state index is -0.0728. The van der Waals surface area contributed by atoms with E-state index in [4.69, 9.17) is 5.73 Å². The molecule has 0 bridgehead atoms. The summed E-state index contributed by atoms with van der Waals surface area (Å²) in [7, 11) is 1.85. The third-order valence-electron chi connectivity index (χ3n) is 4.05. The zero-order valence-electron chi connectivity index (χ0n) is 11.4. The van der Waals surface area contributed by atoms with Crippen molar-refractivity contribution in [3.63, 3.8) is 0 Å². The average molecular weight is 250 g/mol. The maximum Gasteiger partial charge on any atom is 0.276 e. The molecule has 100 valence electrons. The lowest BCUT2D eigenvalue weighted by Crippen LogP contribution is -2.39. The molecule has 0 aliphatic heterocycles. The van der Waals surface area contributed by atoms with E-state index < -0.39 is 0 Å². The smallest absolute Gasteiger partial charge is 0.276 e. The van der Waals surface area contributed by atoms with Gasteiger partial charge in [-0.05, 0) is 38.5 Å². The van der Waals surface area contributed by atoms with E-state index in [-0.39, 0.29) is 5.91 Å². The Labute approximate surface area is 108 Å². The summed E-state index contributed by atoms with van der Waals surface area (Å²) in [5.41, 5.74) is 7.43. The molecule has 1 heterocycles. The lowest BCUT2D eigenvalue weighted by Gasteiger charge is -2.33. The van der Waals surface area contributed by atoms with Gasteiger partial charge in [-0.3, -0.25) is 9.89 Å². The minimum absolute atomic E-state index is 0.0728. The number of carbonyl (C=O) groups is 1. The summed E-state index contributed by atoms with van der Waals surface area (Å²) < 4.78 is 0. The van der Waals surface area contributed by atoms with Crippen molar-refractivity contribution in [2.45, 2.75) is 45.6 Å². The highest BCUT2D eigenvalue weighted by Crippen LogP contribution is 2.27. The Hall–Kier alpha value is -1.52. The summed E-state index contributed by atoms with van der Waals surface area (Å²) in [6.45, 7) is 4.09. The van der Waals surface area contributed by atoms with E-state index in [1.165, 1.54) is 12.8 Å². The lowest BCUT2D eigenvalue weighted by molar-refractivity contribution is 0.0674. The molecule has 0 unspecified atom stereocenters. The number of anilines is 1. The number of rotatable bonds is 2. The number of hydrogen-bond acceptors (Lipinski definition) is 3. The largest absolute Gasteiger partial charge is 0.395 e. The van der Waals surface area contributed by atoms with E-state index in [1.807, 2.05) is 14.0 Å². The molecule has 3 N–H and O–H groups in total. The zero-order chi connectivity index (χ0) is 13.3. The van der Waals surface area contributed by atoms with Crippen LogP contribution < -0.4 is 5.73 Å². The van der Waals surface area contributed by atoms with Gasteiger partial charge in [-0.1, -0.05) is 6.92 Å². The number of aryl methyl sites for hydroxylation is 1. The highest BCUT2D eigenvalue weighted by atomic mass is 16.2. The Kier molecular flexibility index (Phi) is 3.59. The Morgan fingerprint density at radius 3 is 2.50 bits per heavy atom. The molecule has 0 atom stereocenters. The van der Waals surface area contributed by atoms with Crippen LogP contribution in [-0.4, -0.2) is 34.1 Å². The molecular formula is C13H22N4O. The monoisotopic (exact) mass is 250 g/mol. The first kappa shape index (κ1) is 12.9. The number of aromatic nitrogens is 2. The van der Waals surface area contributed by atoms with Gasteiger partial charge in [0.2, 0.25) is 0 Å². The van der Waals surface area contributed by atoms with Gasteiger partial charge in [-0.15, -0.1) is 0 Å². The van der Waals surface area contributed by atoms with Crippen LogP contribution in [0.4, 0.5) is 5.69 Å². The molecule has 1 amide bonds. The second-order valence-electron chi connectivity index (χ2n) is 5.44. The van der Waals surface area contributed by atoms with Gasteiger partial charge >= 0.3 is 0 Å². The van der Waals surface area contributed by atoms with Gasteiger partial charge < -0.3 is 10.6 Å². The summed E-state index contributed by atoms with van der Waals surface area (Å²) in [6, 6.07) is 0.324. The van der Waals surface area contributed by atoms with Crippen molar-refractivity contribution in [1.82, 2.24) is 15.1 Å². The quantitative estimate of drug-likeness (QED) is 0.842. The summed E-state index contributed by atoms with van der Waals surface area (Å²) >= 11 is 0. The number of nitrogens with two attached hydrogens (primary N) is 1. The minimum Gasteiger partial charge on any atom is -0.395 e. The molecule has 18 heavy (non-hydrogen) atoms. The number of aromatic amines is 1. The molecule has 1 fully saturated rings. The first-order valence-corrected chi connectivity index (χ1v) is 6.58. The van der Waals surface area contributed by atoms with Gasteiger partial charge in [0.25, 0.3) is 5.91 Å².